The van der Waals surface area contributed by atoms with Crippen LogP contribution in [0.1, 0.15) is 16.1 Å². The van der Waals surface area contributed by atoms with Crippen molar-refractivity contribution in [3.05, 3.63) is 77.4 Å². The van der Waals surface area contributed by atoms with Gasteiger partial charge in [0.2, 0.25) is 0 Å². The van der Waals surface area contributed by atoms with Gasteiger partial charge in [-0.15, -0.1) is 11.3 Å². The predicted molar refractivity (Wildman–Crippen MR) is 105 cm³/mol. The number of carbonyl (C=O) groups is 1. The van der Waals surface area contributed by atoms with E-state index in [1.807, 2.05) is 46.3 Å². The zero-order valence-electron chi connectivity index (χ0n) is 14.4. The van der Waals surface area contributed by atoms with Gasteiger partial charge in [-0.2, -0.15) is 0 Å². The molecule has 134 valence electrons. The summed E-state index contributed by atoms with van der Waals surface area (Å²) in [5, 5.41) is 5.83. The SMILES string of the molecule is COc1ccc(C(=O)ON=Cc2c(-c3ccccc3)nc3sccn23)cc1. The van der Waals surface area contributed by atoms with E-state index < -0.39 is 5.97 Å². The lowest BCUT2D eigenvalue weighted by molar-refractivity contribution is 0.0519. The molecule has 0 aliphatic rings. The number of nitrogens with zero attached hydrogens (tertiary/aromatic N) is 3. The molecule has 2 heterocycles. The minimum Gasteiger partial charge on any atom is -0.497 e. The Labute approximate surface area is 159 Å². The van der Waals surface area contributed by atoms with Crippen LogP contribution in [0, 0.1) is 0 Å². The fourth-order valence-corrected chi connectivity index (χ4v) is 3.36. The molecule has 4 rings (SSSR count). The van der Waals surface area contributed by atoms with Crippen molar-refractivity contribution < 1.29 is 14.4 Å². The highest BCUT2D eigenvalue weighted by molar-refractivity contribution is 7.15. The summed E-state index contributed by atoms with van der Waals surface area (Å²) in [6.45, 7) is 0. The van der Waals surface area contributed by atoms with Gasteiger partial charge in [-0.1, -0.05) is 35.5 Å². The number of rotatable bonds is 5. The summed E-state index contributed by atoms with van der Waals surface area (Å²) in [6.07, 6.45) is 3.42. The molecule has 0 unspecified atom stereocenters. The molecule has 0 aliphatic carbocycles. The molecule has 4 aromatic rings. The molecule has 0 saturated heterocycles. The first-order chi connectivity index (χ1) is 13.3. The number of hydrogen-bond donors (Lipinski definition) is 0. The summed E-state index contributed by atoms with van der Waals surface area (Å²) < 4.78 is 6.99. The lowest BCUT2D eigenvalue weighted by atomic mass is 10.1. The number of thiazole rings is 1. The Morgan fingerprint density at radius 3 is 2.67 bits per heavy atom. The summed E-state index contributed by atoms with van der Waals surface area (Å²) in [4.78, 5) is 22.7. The van der Waals surface area contributed by atoms with Crippen LogP contribution in [0.3, 0.4) is 0 Å². The quantitative estimate of drug-likeness (QED) is 0.296. The van der Waals surface area contributed by atoms with Crippen LogP contribution in [-0.2, 0) is 4.84 Å². The summed E-state index contributed by atoms with van der Waals surface area (Å²) in [5.41, 5.74) is 2.90. The third-order valence-corrected chi connectivity index (χ3v) is 4.74. The Bertz CT molecular complexity index is 1100. The molecule has 7 heteroatoms. The Hall–Kier alpha value is -3.45. The van der Waals surface area contributed by atoms with Gasteiger partial charge < -0.3 is 9.57 Å². The number of imidazole rings is 1. The van der Waals surface area contributed by atoms with Crippen LogP contribution in [0.5, 0.6) is 5.75 Å². The molecule has 0 spiro atoms. The predicted octanol–water partition coefficient (Wildman–Crippen LogP) is 4.26. The molecule has 0 aliphatic heterocycles. The topological polar surface area (TPSA) is 65.2 Å². The molecule has 0 atom stereocenters. The summed E-state index contributed by atoms with van der Waals surface area (Å²) >= 11 is 1.53. The number of hydrogen-bond acceptors (Lipinski definition) is 6. The van der Waals surface area contributed by atoms with Crippen LogP contribution in [0.4, 0.5) is 0 Å². The first-order valence-corrected chi connectivity index (χ1v) is 9.04. The van der Waals surface area contributed by atoms with Gasteiger partial charge in [0.25, 0.3) is 0 Å². The fraction of sp³-hybridized carbons (Fsp3) is 0.0500. The monoisotopic (exact) mass is 377 g/mol. The molecule has 6 nitrogen and oxygen atoms in total. The minimum atomic E-state index is -0.541. The van der Waals surface area contributed by atoms with Gasteiger partial charge in [0.15, 0.2) is 4.96 Å². The second kappa shape index (κ2) is 7.43. The number of methoxy groups -OCH3 is 1. The van der Waals surface area contributed by atoms with Crippen molar-refractivity contribution in [1.29, 1.82) is 0 Å². The highest BCUT2D eigenvalue weighted by Gasteiger charge is 2.14. The van der Waals surface area contributed by atoms with Gasteiger partial charge in [0.1, 0.15) is 5.75 Å². The van der Waals surface area contributed by atoms with E-state index in [1.54, 1.807) is 31.4 Å². The van der Waals surface area contributed by atoms with E-state index in [9.17, 15) is 4.79 Å². The van der Waals surface area contributed by atoms with Gasteiger partial charge in [-0.3, -0.25) is 4.40 Å². The van der Waals surface area contributed by atoms with Crippen molar-refractivity contribution >= 4 is 28.5 Å². The Morgan fingerprint density at radius 1 is 1.15 bits per heavy atom. The van der Waals surface area contributed by atoms with Crippen molar-refractivity contribution in [1.82, 2.24) is 9.38 Å². The standard InChI is InChI=1S/C20H15N3O3S/c1-25-16-9-7-15(8-10-16)19(24)26-21-13-17-18(14-5-3-2-4-6-14)22-20-23(17)11-12-27-20/h2-13H,1H3. The second-order valence-corrected chi connectivity index (χ2v) is 6.48. The van der Waals surface area contributed by atoms with Crippen molar-refractivity contribution in [3.63, 3.8) is 0 Å². The summed E-state index contributed by atoms with van der Waals surface area (Å²) in [7, 11) is 1.57. The normalized spacial score (nSPS) is 11.1. The first kappa shape index (κ1) is 17.0. The highest BCUT2D eigenvalue weighted by Crippen LogP contribution is 2.25. The molecule has 0 N–H and O–H groups in total. The number of benzene rings is 2. The van der Waals surface area contributed by atoms with Crippen LogP contribution in [0.15, 0.2) is 71.3 Å². The lowest BCUT2D eigenvalue weighted by Gasteiger charge is -2.01. The average Bonchev–Trinajstić information content (AvgIpc) is 3.31. The number of fused-ring (bicyclic) bond motifs is 1. The van der Waals surface area contributed by atoms with E-state index in [2.05, 4.69) is 10.1 Å². The summed E-state index contributed by atoms with van der Waals surface area (Å²) in [6, 6.07) is 16.5. The van der Waals surface area contributed by atoms with Gasteiger partial charge in [0.05, 0.1) is 30.3 Å². The maximum atomic E-state index is 12.1. The molecular weight excluding hydrogens is 362 g/mol. The second-order valence-electron chi connectivity index (χ2n) is 5.61. The van der Waals surface area contributed by atoms with Crippen LogP contribution in [0.25, 0.3) is 16.2 Å². The molecule has 0 fully saturated rings. The highest BCUT2D eigenvalue weighted by atomic mass is 32.1. The van der Waals surface area contributed by atoms with Crippen LogP contribution in [-0.4, -0.2) is 28.7 Å². The molecule has 0 amide bonds. The number of ether oxygens (including phenoxy) is 1. The van der Waals surface area contributed by atoms with E-state index in [0.717, 1.165) is 21.9 Å². The summed E-state index contributed by atoms with van der Waals surface area (Å²) in [5.74, 6) is 0.128. The third kappa shape index (κ3) is 3.45. The van der Waals surface area contributed by atoms with E-state index in [4.69, 9.17) is 9.57 Å². The molecule has 2 aromatic carbocycles. The van der Waals surface area contributed by atoms with Crippen molar-refractivity contribution in [2.75, 3.05) is 7.11 Å². The van der Waals surface area contributed by atoms with Crippen molar-refractivity contribution in [2.24, 2.45) is 5.16 Å². The lowest BCUT2D eigenvalue weighted by Crippen LogP contribution is -2.01. The van der Waals surface area contributed by atoms with Crippen LogP contribution < -0.4 is 4.74 Å². The smallest absolute Gasteiger partial charge is 0.365 e. The van der Waals surface area contributed by atoms with Gasteiger partial charge >= 0.3 is 5.97 Å². The largest absolute Gasteiger partial charge is 0.497 e. The van der Waals surface area contributed by atoms with E-state index in [-0.39, 0.29) is 0 Å². The van der Waals surface area contributed by atoms with Crippen molar-refractivity contribution in [2.45, 2.75) is 0 Å². The molecular formula is C20H15N3O3S. The Balaban J connectivity index is 1.59. The minimum absolute atomic E-state index is 0.394. The maximum absolute atomic E-state index is 12.1. The van der Waals surface area contributed by atoms with E-state index in [1.165, 1.54) is 17.6 Å². The molecule has 27 heavy (non-hydrogen) atoms. The number of carbonyl (C=O) groups excluding carboxylic acids is 1. The fourth-order valence-electron chi connectivity index (χ4n) is 2.64. The number of oxime groups is 1. The van der Waals surface area contributed by atoms with E-state index in [0.29, 0.717) is 11.3 Å². The van der Waals surface area contributed by atoms with E-state index >= 15 is 0 Å². The zero-order chi connectivity index (χ0) is 18.6. The number of aromatic nitrogens is 2. The van der Waals surface area contributed by atoms with Gasteiger partial charge in [-0.05, 0) is 24.3 Å². The third-order valence-electron chi connectivity index (χ3n) is 3.98. The molecule has 0 saturated carbocycles. The van der Waals surface area contributed by atoms with Crippen LogP contribution in [0.2, 0.25) is 0 Å². The zero-order valence-corrected chi connectivity index (χ0v) is 15.2. The van der Waals surface area contributed by atoms with Crippen LogP contribution >= 0.6 is 11.3 Å². The first-order valence-electron chi connectivity index (χ1n) is 8.16. The van der Waals surface area contributed by atoms with Crippen molar-refractivity contribution in [3.8, 4) is 17.0 Å². The van der Waals surface area contributed by atoms with Gasteiger partial charge in [0, 0.05) is 17.1 Å². The maximum Gasteiger partial charge on any atom is 0.365 e. The Morgan fingerprint density at radius 2 is 1.93 bits per heavy atom. The molecule has 2 aromatic heterocycles. The molecule has 0 bridgehead atoms. The van der Waals surface area contributed by atoms with Gasteiger partial charge in [-0.25, -0.2) is 9.78 Å². The molecule has 0 radical (unpaired) electrons. The average molecular weight is 377 g/mol. The Kier molecular flexibility index (Phi) is 4.67.